The number of benzene rings is 2. The van der Waals surface area contributed by atoms with Crippen molar-refractivity contribution in [3.05, 3.63) is 75.9 Å². The van der Waals surface area contributed by atoms with Gasteiger partial charge in [-0.3, -0.25) is 14.5 Å². The van der Waals surface area contributed by atoms with Crippen molar-refractivity contribution in [2.75, 3.05) is 12.3 Å². The third-order valence-electron chi connectivity index (χ3n) is 5.66. The number of thiocarbonyl (C=S) groups is 1. The van der Waals surface area contributed by atoms with Gasteiger partial charge >= 0.3 is 0 Å². The van der Waals surface area contributed by atoms with Crippen LogP contribution in [-0.2, 0) is 21.2 Å². The summed E-state index contributed by atoms with van der Waals surface area (Å²) in [6.07, 6.45) is 8.92. The molecule has 2 amide bonds. The molecule has 1 aliphatic rings. The summed E-state index contributed by atoms with van der Waals surface area (Å²) >= 11 is 6.40. The summed E-state index contributed by atoms with van der Waals surface area (Å²) in [7, 11) is -4.04. The molecule has 36 heavy (non-hydrogen) atoms. The summed E-state index contributed by atoms with van der Waals surface area (Å²) < 4.78 is 40.0. The van der Waals surface area contributed by atoms with Crippen LogP contribution in [0, 0.1) is 5.82 Å². The maximum absolute atomic E-state index is 13.0. The van der Waals surface area contributed by atoms with Crippen molar-refractivity contribution in [1.82, 2.24) is 9.62 Å². The second kappa shape index (κ2) is 13.1. The van der Waals surface area contributed by atoms with E-state index in [9.17, 15) is 22.4 Å². The number of hydrogen-bond acceptors (Lipinski definition) is 6. The number of nitrogens with zero attached hydrogens (tertiary/aromatic N) is 1. The highest BCUT2D eigenvalue weighted by Gasteiger charge is 2.33. The lowest BCUT2D eigenvalue weighted by molar-refractivity contribution is -0.121. The third-order valence-corrected chi connectivity index (χ3v) is 8.25. The summed E-state index contributed by atoms with van der Waals surface area (Å²) in [6, 6.07) is 12.5. The van der Waals surface area contributed by atoms with Crippen molar-refractivity contribution in [3.8, 4) is 0 Å². The van der Waals surface area contributed by atoms with Crippen molar-refractivity contribution in [2.24, 2.45) is 0 Å². The van der Waals surface area contributed by atoms with Crippen molar-refractivity contribution in [3.63, 3.8) is 0 Å². The van der Waals surface area contributed by atoms with Crippen LogP contribution >= 0.6 is 24.0 Å². The predicted octanol–water partition coefficient (Wildman–Crippen LogP) is 5.30. The Hall–Kier alpha value is -2.56. The van der Waals surface area contributed by atoms with Crippen molar-refractivity contribution < 1.29 is 22.4 Å². The zero-order valence-corrected chi connectivity index (χ0v) is 22.5. The first kappa shape index (κ1) is 28.0. The molecule has 0 unspecified atom stereocenters. The van der Waals surface area contributed by atoms with E-state index in [0.717, 1.165) is 42.3 Å². The zero-order chi connectivity index (χ0) is 26.1. The average molecular weight is 549 g/mol. The minimum atomic E-state index is -4.04. The molecule has 1 saturated heterocycles. The van der Waals surface area contributed by atoms with Crippen LogP contribution in [0.2, 0.25) is 0 Å². The molecule has 10 heteroatoms. The van der Waals surface area contributed by atoms with E-state index in [1.807, 2.05) is 16.9 Å². The molecule has 0 aromatic heterocycles. The highest BCUT2D eigenvalue weighted by Crippen LogP contribution is 2.32. The summed E-state index contributed by atoms with van der Waals surface area (Å²) in [4.78, 5) is 26.6. The van der Waals surface area contributed by atoms with E-state index in [4.69, 9.17) is 12.2 Å². The second-order valence-electron chi connectivity index (χ2n) is 8.50. The smallest absolute Gasteiger partial charge is 0.266 e. The van der Waals surface area contributed by atoms with Crippen LogP contribution in [0.5, 0.6) is 0 Å². The molecule has 0 aliphatic carbocycles. The topological polar surface area (TPSA) is 83.6 Å². The summed E-state index contributed by atoms with van der Waals surface area (Å²) in [5.41, 5.74) is 2.13. The van der Waals surface area contributed by atoms with E-state index in [-0.39, 0.29) is 22.3 Å². The molecule has 0 atom stereocenters. The van der Waals surface area contributed by atoms with Gasteiger partial charge in [0.1, 0.15) is 10.1 Å². The van der Waals surface area contributed by atoms with Gasteiger partial charge in [0.05, 0.1) is 10.7 Å². The molecule has 0 spiro atoms. The van der Waals surface area contributed by atoms with Gasteiger partial charge in [-0.15, -0.1) is 0 Å². The van der Waals surface area contributed by atoms with Crippen molar-refractivity contribution in [2.45, 2.75) is 45.4 Å². The van der Waals surface area contributed by atoms with Gasteiger partial charge in [0, 0.05) is 12.1 Å². The lowest BCUT2D eigenvalue weighted by Crippen LogP contribution is -2.39. The van der Waals surface area contributed by atoms with Crippen molar-refractivity contribution in [1.29, 1.82) is 0 Å². The van der Waals surface area contributed by atoms with E-state index in [1.165, 1.54) is 48.3 Å². The van der Waals surface area contributed by atoms with Crippen LogP contribution in [0.3, 0.4) is 0 Å². The summed E-state index contributed by atoms with van der Waals surface area (Å²) in [6.45, 7) is 2.01. The molecule has 1 heterocycles. The Balaban J connectivity index is 1.54. The fraction of sp³-hybridized carbons (Fsp3) is 0.346. The number of halogens is 1. The Kier molecular flexibility index (Phi) is 10.2. The Bertz CT molecular complexity index is 1230. The van der Waals surface area contributed by atoms with Gasteiger partial charge in [0.2, 0.25) is 10.0 Å². The van der Waals surface area contributed by atoms with E-state index in [1.54, 1.807) is 6.08 Å². The monoisotopic (exact) mass is 548 g/mol. The predicted molar refractivity (Wildman–Crippen MR) is 146 cm³/mol. The van der Waals surface area contributed by atoms with Crippen LogP contribution in [-0.4, -0.2) is 41.8 Å². The first-order valence-electron chi connectivity index (χ1n) is 11.8. The molecule has 0 radical (unpaired) electrons. The molecule has 1 N–H and O–H groups in total. The standard InChI is InChI=1S/C26H29FN2O4S3/c1-2-3-4-5-6-7-19-8-10-20(11-9-19)18-23-25(31)29(26(34)35-23)16-17-36(32,33)28-24(30)21-12-14-22(27)15-13-21/h8-15,18H,2-7,16-17H2,1H3,(H,28,30)/b23-18+. The normalized spacial score (nSPS) is 15.1. The van der Waals surface area contributed by atoms with Gasteiger partial charge in [-0.1, -0.05) is 80.9 Å². The van der Waals surface area contributed by atoms with E-state index in [2.05, 4.69) is 19.1 Å². The maximum Gasteiger partial charge on any atom is 0.266 e. The number of carbonyl (C=O) groups is 2. The first-order chi connectivity index (χ1) is 17.2. The molecule has 192 valence electrons. The number of thioether (sulfide) groups is 1. The van der Waals surface area contributed by atoms with Crippen LogP contribution in [0.25, 0.3) is 6.08 Å². The fourth-order valence-electron chi connectivity index (χ4n) is 3.62. The average Bonchev–Trinajstić information content (AvgIpc) is 3.10. The van der Waals surface area contributed by atoms with Crippen LogP contribution < -0.4 is 4.72 Å². The number of amides is 2. The number of hydrogen-bond donors (Lipinski definition) is 1. The Labute approximate surface area is 221 Å². The van der Waals surface area contributed by atoms with Gasteiger partial charge in [-0.05, 0) is 54.3 Å². The largest absolute Gasteiger partial charge is 0.292 e. The minimum absolute atomic E-state index is 0.0102. The molecule has 0 saturated carbocycles. The zero-order valence-electron chi connectivity index (χ0n) is 20.0. The molecule has 6 nitrogen and oxygen atoms in total. The number of rotatable bonds is 12. The maximum atomic E-state index is 13.0. The molecular formula is C26H29FN2O4S3. The number of sulfonamides is 1. The molecule has 1 aliphatic heterocycles. The van der Waals surface area contributed by atoms with E-state index in [0.29, 0.717) is 4.91 Å². The van der Waals surface area contributed by atoms with Gasteiger partial charge in [-0.25, -0.2) is 17.5 Å². The number of unbranched alkanes of at least 4 members (excludes halogenated alkanes) is 4. The SMILES string of the molecule is CCCCCCCc1ccc(/C=C2/SC(=S)N(CCS(=O)(=O)NC(=O)c3ccc(F)cc3)C2=O)cc1. The molecule has 3 rings (SSSR count). The molecule has 0 bridgehead atoms. The lowest BCUT2D eigenvalue weighted by Gasteiger charge is -2.14. The molecule has 1 fully saturated rings. The highest BCUT2D eigenvalue weighted by molar-refractivity contribution is 8.26. The van der Waals surface area contributed by atoms with E-state index < -0.39 is 27.5 Å². The van der Waals surface area contributed by atoms with E-state index >= 15 is 0 Å². The summed E-state index contributed by atoms with van der Waals surface area (Å²) in [5, 5.41) is 0. The summed E-state index contributed by atoms with van der Waals surface area (Å²) in [5.74, 6) is -2.28. The quantitative estimate of drug-likeness (QED) is 0.220. The highest BCUT2D eigenvalue weighted by atomic mass is 32.2. The van der Waals surface area contributed by atoms with Gasteiger partial charge in [0.15, 0.2) is 0 Å². The lowest BCUT2D eigenvalue weighted by atomic mass is 10.0. The molecular weight excluding hydrogens is 519 g/mol. The van der Waals surface area contributed by atoms with Crippen LogP contribution in [0.4, 0.5) is 4.39 Å². The first-order valence-corrected chi connectivity index (χ1v) is 14.7. The van der Waals surface area contributed by atoms with Crippen LogP contribution in [0.1, 0.15) is 60.5 Å². The Morgan fingerprint density at radius 2 is 1.72 bits per heavy atom. The second-order valence-corrected chi connectivity index (χ2v) is 12.0. The number of aryl methyl sites for hydroxylation is 1. The number of carbonyl (C=O) groups excluding carboxylic acids is 2. The minimum Gasteiger partial charge on any atom is -0.292 e. The van der Waals surface area contributed by atoms with Crippen LogP contribution in [0.15, 0.2) is 53.4 Å². The van der Waals surface area contributed by atoms with Crippen molar-refractivity contribution >= 4 is 56.2 Å². The van der Waals surface area contributed by atoms with Gasteiger partial charge in [-0.2, -0.15) is 0 Å². The Morgan fingerprint density at radius 3 is 2.39 bits per heavy atom. The van der Waals surface area contributed by atoms with Gasteiger partial charge < -0.3 is 0 Å². The Morgan fingerprint density at radius 1 is 1.06 bits per heavy atom. The third kappa shape index (κ3) is 8.25. The number of nitrogens with one attached hydrogen (secondary N) is 1. The molecule has 2 aromatic rings. The fourth-order valence-corrected chi connectivity index (χ4v) is 5.86. The van der Waals surface area contributed by atoms with Gasteiger partial charge in [0.25, 0.3) is 11.8 Å². The molecule has 2 aromatic carbocycles.